The number of amides is 1. The molecule has 1 aromatic carbocycles. The third kappa shape index (κ3) is 4.25. The molecular formula is C19H27NO3. The van der Waals surface area contributed by atoms with E-state index in [-0.39, 0.29) is 18.4 Å². The summed E-state index contributed by atoms with van der Waals surface area (Å²) < 4.78 is 6.07. The molecule has 126 valence electrons. The summed E-state index contributed by atoms with van der Waals surface area (Å²) >= 11 is 0. The molecule has 1 unspecified atom stereocenters. The van der Waals surface area contributed by atoms with Crippen molar-refractivity contribution in [1.29, 1.82) is 0 Å². The van der Waals surface area contributed by atoms with Crippen LogP contribution in [0.2, 0.25) is 0 Å². The summed E-state index contributed by atoms with van der Waals surface area (Å²) in [6, 6.07) is 7.58. The molecular weight excluding hydrogens is 290 g/mol. The molecule has 1 N–H and O–H groups in total. The highest BCUT2D eigenvalue weighted by molar-refractivity contribution is 5.94. The fraction of sp³-hybridized carbons (Fsp3) is 0.632. The minimum absolute atomic E-state index is 0.0530. The van der Waals surface area contributed by atoms with Crippen LogP contribution in [0.5, 0.6) is 5.75 Å². The van der Waals surface area contributed by atoms with Crippen molar-refractivity contribution < 1.29 is 14.6 Å². The zero-order valence-corrected chi connectivity index (χ0v) is 13.7. The van der Waals surface area contributed by atoms with Crippen LogP contribution in [0.25, 0.3) is 0 Å². The summed E-state index contributed by atoms with van der Waals surface area (Å²) in [4.78, 5) is 14.6. The summed E-state index contributed by atoms with van der Waals surface area (Å²) in [5.74, 6) is 1.07. The lowest BCUT2D eigenvalue weighted by molar-refractivity contribution is 0.0619. The van der Waals surface area contributed by atoms with Crippen molar-refractivity contribution in [3.05, 3.63) is 29.8 Å². The lowest BCUT2D eigenvalue weighted by atomic mass is 9.97. The van der Waals surface area contributed by atoms with Gasteiger partial charge >= 0.3 is 0 Å². The Morgan fingerprint density at radius 3 is 2.78 bits per heavy atom. The zero-order chi connectivity index (χ0) is 16.1. The number of piperidine rings is 1. The Morgan fingerprint density at radius 1 is 1.17 bits per heavy atom. The Balaban J connectivity index is 1.65. The normalized spacial score (nSPS) is 22.8. The van der Waals surface area contributed by atoms with Crippen LogP contribution in [0, 0.1) is 5.92 Å². The second-order valence-electron chi connectivity index (χ2n) is 6.85. The van der Waals surface area contributed by atoms with Gasteiger partial charge < -0.3 is 14.7 Å². The van der Waals surface area contributed by atoms with E-state index in [2.05, 4.69) is 0 Å². The molecule has 2 fully saturated rings. The maximum absolute atomic E-state index is 12.7. The Kier molecular flexibility index (Phi) is 5.55. The fourth-order valence-electron chi connectivity index (χ4n) is 3.66. The van der Waals surface area contributed by atoms with Gasteiger partial charge in [0.2, 0.25) is 0 Å². The van der Waals surface area contributed by atoms with Crippen LogP contribution in [0.4, 0.5) is 0 Å². The molecule has 4 nitrogen and oxygen atoms in total. The van der Waals surface area contributed by atoms with Gasteiger partial charge in [-0.2, -0.15) is 0 Å². The van der Waals surface area contributed by atoms with Crippen molar-refractivity contribution in [3.8, 4) is 5.75 Å². The van der Waals surface area contributed by atoms with Gasteiger partial charge in [0, 0.05) is 25.3 Å². The first-order valence-corrected chi connectivity index (χ1v) is 8.93. The van der Waals surface area contributed by atoms with Crippen LogP contribution in [-0.4, -0.2) is 41.7 Å². The van der Waals surface area contributed by atoms with Crippen molar-refractivity contribution in [2.75, 3.05) is 19.7 Å². The van der Waals surface area contributed by atoms with E-state index in [1.165, 1.54) is 19.3 Å². The molecule has 0 bridgehead atoms. The Labute approximate surface area is 138 Å². The molecule has 1 aliphatic carbocycles. The van der Waals surface area contributed by atoms with Crippen LogP contribution < -0.4 is 4.74 Å². The predicted octanol–water partition coefficient (Wildman–Crippen LogP) is 3.24. The van der Waals surface area contributed by atoms with Crippen molar-refractivity contribution in [2.45, 2.75) is 51.0 Å². The van der Waals surface area contributed by atoms with Crippen molar-refractivity contribution in [3.63, 3.8) is 0 Å². The molecule has 1 saturated carbocycles. The van der Waals surface area contributed by atoms with E-state index >= 15 is 0 Å². The van der Waals surface area contributed by atoms with Crippen LogP contribution in [0.15, 0.2) is 24.3 Å². The van der Waals surface area contributed by atoms with Crippen LogP contribution in [0.3, 0.4) is 0 Å². The minimum Gasteiger partial charge on any atom is -0.490 e. The summed E-state index contributed by atoms with van der Waals surface area (Å²) in [5.41, 5.74) is 0.692. The molecule has 23 heavy (non-hydrogen) atoms. The van der Waals surface area contributed by atoms with Crippen LogP contribution >= 0.6 is 0 Å². The van der Waals surface area contributed by atoms with Gasteiger partial charge in [-0.25, -0.2) is 0 Å². The van der Waals surface area contributed by atoms with Gasteiger partial charge in [0.1, 0.15) is 5.75 Å². The number of aliphatic hydroxyl groups excluding tert-OH is 1. The van der Waals surface area contributed by atoms with Crippen LogP contribution in [-0.2, 0) is 0 Å². The molecule has 1 heterocycles. The van der Waals surface area contributed by atoms with E-state index < -0.39 is 0 Å². The molecule has 2 aliphatic rings. The molecule has 1 saturated heterocycles. The van der Waals surface area contributed by atoms with Crippen molar-refractivity contribution in [1.82, 2.24) is 4.90 Å². The van der Waals surface area contributed by atoms with Gasteiger partial charge in [-0.05, 0) is 62.6 Å². The van der Waals surface area contributed by atoms with E-state index in [1.54, 1.807) is 0 Å². The first-order valence-electron chi connectivity index (χ1n) is 8.93. The Bertz CT molecular complexity index is 525. The number of benzene rings is 1. The second-order valence-corrected chi connectivity index (χ2v) is 6.85. The number of ether oxygens (including phenoxy) is 1. The SMILES string of the molecule is O=C(c1cccc(OC2CCCCC2)c1)N1CCCC(CO)C1. The summed E-state index contributed by atoms with van der Waals surface area (Å²) in [5, 5.41) is 9.33. The number of rotatable bonds is 4. The highest BCUT2D eigenvalue weighted by atomic mass is 16.5. The standard InChI is InChI=1S/C19H27NO3/c21-14-15-6-5-11-20(13-15)19(22)16-7-4-10-18(12-16)23-17-8-2-1-3-9-17/h4,7,10,12,15,17,21H,1-3,5-6,8-9,11,13-14H2. The molecule has 0 radical (unpaired) electrons. The largest absolute Gasteiger partial charge is 0.490 e. The number of carbonyl (C=O) groups is 1. The fourth-order valence-corrected chi connectivity index (χ4v) is 3.66. The maximum atomic E-state index is 12.7. The quantitative estimate of drug-likeness (QED) is 0.927. The van der Waals surface area contributed by atoms with E-state index in [1.807, 2.05) is 29.2 Å². The summed E-state index contributed by atoms with van der Waals surface area (Å²) in [7, 11) is 0. The lowest BCUT2D eigenvalue weighted by Gasteiger charge is -2.32. The summed E-state index contributed by atoms with van der Waals surface area (Å²) in [6.45, 7) is 1.60. The molecule has 0 aromatic heterocycles. The minimum atomic E-state index is 0.0530. The third-order valence-corrected chi connectivity index (χ3v) is 5.00. The zero-order valence-electron chi connectivity index (χ0n) is 13.7. The predicted molar refractivity (Wildman–Crippen MR) is 89.7 cm³/mol. The summed E-state index contributed by atoms with van der Waals surface area (Å²) in [6.07, 6.45) is 8.27. The van der Waals surface area contributed by atoms with Gasteiger partial charge in [-0.3, -0.25) is 4.79 Å². The van der Waals surface area contributed by atoms with Crippen molar-refractivity contribution in [2.24, 2.45) is 5.92 Å². The monoisotopic (exact) mass is 317 g/mol. The average Bonchev–Trinajstić information content (AvgIpc) is 2.62. The van der Waals surface area contributed by atoms with E-state index in [0.29, 0.717) is 18.2 Å². The number of hydrogen-bond acceptors (Lipinski definition) is 3. The van der Waals surface area contributed by atoms with Crippen molar-refractivity contribution >= 4 is 5.91 Å². The highest BCUT2D eigenvalue weighted by Crippen LogP contribution is 2.25. The van der Waals surface area contributed by atoms with Gasteiger partial charge in [0.15, 0.2) is 0 Å². The number of aliphatic hydroxyl groups is 1. The van der Waals surface area contributed by atoms with E-state index in [0.717, 1.165) is 38.0 Å². The third-order valence-electron chi connectivity index (χ3n) is 5.00. The van der Waals surface area contributed by atoms with E-state index in [4.69, 9.17) is 4.74 Å². The van der Waals surface area contributed by atoms with Gasteiger partial charge in [-0.15, -0.1) is 0 Å². The first kappa shape index (κ1) is 16.3. The van der Waals surface area contributed by atoms with E-state index in [9.17, 15) is 9.90 Å². The molecule has 3 rings (SSSR count). The topological polar surface area (TPSA) is 49.8 Å². The molecule has 1 amide bonds. The lowest BCUT2D eigenvalue weighted by Crippen LogP contribution is -2.40. The van der Waals surface area contributed by atoms with Gasteiger partial charge in [0.05, 0.1) is 6.10 Å². The number of likely N-dealkylation sites (tertiary alicyclic amines) is 1. The molecule has 0 spiro atoms. The number of nitrogens with zero attached hydrogens (tertiary/aromatic N) is 1. The number of hydrogen-bond donors (Lipinski definition) is 1. The van der Waals surface area contributed by atoms with Gasteiger partial charge in [-0.1, -0.05) is 12.5 Å². The number of carbonyl (C=O) groups excluding carboxylic acids is 1. The molecule has 1 aromatic rings. The average molecular weight is 317 g/mol. The molecule has 1 atom stereocenters. The van der Waals surface area contributed by atoms with Gasteiger partial charge in [0.25, 0.3) is 5.91 Å². The molecule has 4 heteroatoms. The molecule has 1 aliphatic heterocycles. The highest BCUT2D eigenvalue weighted by Gasteiger charge is 2.24. The maximum Gasteiger partial charge on any atom is 0.253 e. The second kappa shape index (κ2) is 7.82. The van der Waals surface area contributed by atoms with Crippen LogP contribution in [0.1, 0.15) is 55.3 Å². The first-order chi connectivity index (χ1) is 11.3. The Hall–Kier alpha value is -1.55. The smallest absolute Gasteiger partial charge is 0.253 e. The Morgan fingerprint density at radius 2 is 2.00 bits per heavy atom.